The quantitative estimate of drug-likeness (QED) is 0.409. The summed E-state index contributed by atoms with van der Waals surface area (Å²) in [6.07, 6.45) is 5.90. The molecule has 0 bridgehead atoms. The lowest BCUT2D eigenvalue weighted by atomic mass is 10.3. The Morgan fingerprint density at radius 2 is 2.45 bits per heavy atom. The van der Waals surface area contributed by atoms with E-state index in [0.29, 0.717) is 6.61 Å². The molecule has 0 saturated heterocycles. The Kier molecular flexibility index (Phi) is 5.96. The Bertz CT molecular complexity index is 160. The van der Waals surface area contributed by atoms with Crippen LogP contribution >= 0.6 is 15.9 Å². The summed E-state index contributed by atoms with van der Waals surface area (Å²) >= 11 is 3.33. The molecule has 3 heteroatoms. The molecular weight excluding hydrogens is 208 g/mol. The molecule has 0 aromatic heterocycles. The largest absolute Gasteiger partial charge is 0.464 e. The molecule has 0 aromatic rings. The number of carbonyl (C=O) groups excluding carboxylic acids is 1. The highest BCUT2D eigenvalue weighted by Crippen LogP contribution is 2.04. The predicted octanol–water partition coefficient (Wildman–Crippen LogP) is 1.73. The molecule has 0 aromatic carbocycles. The molecule has 0 rings (SSSR count). The lowest BCUT2D eigenvalue weighted by Crippen LogP contribution is -2.12. The maximum atomic E-state index is 10.7. The number of rotatable bonds is 4. The van der Waals surface area contributed by atoms with Crippen molar-refractivity contribution < 1.29 is 9.53 Å². The van der Waals surface area contributed by atoms with E-state index in [1.54, 1.807) is 0 Å². The third-order valence-electron chi connectivity index (χ3n) is 1.11. The zero-order valence-corrected chi connectivity index (χ0v) is 8.06. The van der Waals surface area contributed by atoms with Gasteiger partial charge >= 0.3 is 5.97 Å². The molecule has 0 N–H and O–H groups in total. The van der Waals surface area contributed by atoms with Crippen molar-refractivity contribution in [1.82, 2.24) is 0 Å². The SMILES string of the molecule is C#CCC(=O)OCC(Br)CC. The predicted molar refractivity (Wildman–Crippen MR) is 47.4 cm³/mol. The van der Waals surface area contributed by atoms with Gasteiger partial charge in [0.25, 0.3) is 0 Å². The summed E-state index contributed by atoms with van der Waals surface area (Å²) in [6, 6.07) is 0. The van der Waals surface area contributed by atoms with E-state index >= 15 is 0 Å². The van der Waals surface area contributed by atoms with E-state index in [-0.39, 0.29) is 17.2 Å². The average Bonchev–Trinajstić information content (AvgIpc) is 2.01. The highest BCUT2D eigenvalue weighted by Gasteiger charge is 2.04. The van der Waals surface area contributed by atoms with Gasteiger partial charge in [-0.1, -0.05) is 28.8 Å². The molecule has 0 amide bonds. The molecule has 0 spiro atoms. The van der Waals surface area contributed by atoms with E-state index in [9.17, 15) is 4.79 Å². The van der Waals surface area contributed by atoms with Gasteiger partial charge in [0.1, 0.15) is 13.0 Å². The second kappa shape index (κ2) is 6.23. The van der Waals surface area contributed by atoms with Gasteiger partial charge in [0.15, 0.2) is 0 Å². The Balaban J connectivity index is 3.39. The first kappa shape index (κ1) is 10.5. The van der Waals surface area contributed by atoms with Crippen molar-refractivity contribution in [2.24, 2.45) is 0 Å². The smallest absolute Gasteiger partial charge is 0.317 e. The third kappa shape index (κ3) is 5.93. The first-order chi connectivity index (χ1) is 5.20. The number of carbonyl (C=O) groups is 1. The van der Waals surface area contributed by atoms with Crippen LogP contribution in [-0.4, -0.2) is 17.4 Å². The lowest BCUT2D eigenvalue weighted by Gasteiger charge is -2.06. The van der Waals surface area contributed by atoms with Gasteiger partial charge in [-0.15, -0.1) is 6.42 Å². The monoisotopic (exact) mass is 218 g/mol. The normalized spacial score (nSPS) is 11.7. The van der Waals surface area contributed by atoms with Crippen molar-refractivity contribution in [2.75, 3.05) is 6.61 Å². The molecule has 1 atom stereocenters. The minimum atomic E-state index is -0.328. The van der Waals surface area contributed by atoms with Crippen LogP contribution in [0.4, 0.5) is 0 Å². The van der Waals surface area contributed by atoms with Crippen LogP contribution in [0.2, 0.25) is 0 Å². The summed E-state index contributed by atoms with van der Waals surface area (Å²) in [7, 11) is 0. The summed E-state index contributed by atoms with van der Waals surface area (Å²) in [5, 5.41) is 0. The van der Waals surface area contributed by atoms with Crippen LogP contribution in [0.15, 0.2) is 0 Å². The number of hydrogen-bond donors (Lipinski definition) is 0. The van der Waals surface area contributed by atoms with Gasteiger partial charge in [-0.25, -0.2) is 0 Å². The van der Waals surface area contributed by atoms with Crippen molar-refractivity contribution in [3.8, 4) is 12.3 Å². The Hall–Kier alpha value is -0.490. The van der Waals surface area contributed by atoms with Gasteiger partial charge in [-0.05, 0) is 6.42 Å². The average molecular weight is 219 g/mol. The van der Waals surface area contributed by atoms with Gasteiger partial charge in [0.2, 0.25) is 0 Å². The van der Waals surface area contributed by atoms with E-state index in [1.165, 1.54) is 0 Å². The van der Waals surface area contributed by atoms with E-state index in [0.717, 1.165) is 6.42 Å². The Morgan fingerprint density at radius 1 is 1.82 bits per heavy atom. The van der Waals surface area contributed by atoms with Gasteiger partial charge in [-0.2, -0.15) is 0 Å². The van der Waals surface area contributed by atoms with Crippen molar-refractivity contribution in [2.45, 2.75) is 24.6 Å². The maximum Gasteiger partial charge on any atom is 0.317 e. The lowest BCUT2D eigenvalue weighted by molar-refractivity contribution is -0.142. The number of esters is 1. The second-order valence-electron chi connectivity index (χ2n) is 2.07. The van der Waals surface area contributed by atoms with Crippen LogP contribution in [0.25, 0.3) is 0 Å². The van der Waals surface area contributed by atoms with E-state index in [1.807, 2.05) is 6.92 Å². The fraction of sp³-hybridized carbons (Fsp3) is 0.625. The molecule has 0 aliphatic heterocycles. The van der Waals surface area contributed by atoms with Crippen LogP contribution in [0, 0.1) is 12.3 Å². The van der Waals surface area contributed by atoms with Crippen molar-refractivity contribution >= 4 is 21.9 Å². The molecule has 2 nitrogen and oxygen atoms in total. The topological polar surface area (TPSA) is 26.3 Å². The Morgan fingerprint density at radius 3 is 2.91 bits per heavy atom. The summed E-state index contributed by atoms with van der Waals surface area (Å²) < 4.78 is 4.81. The van der Waals surface area contributed by atoms with E-state index in [4.69, 9.17) is 11.2 Å². The highest BCUT2D eigenvalue weighted by atomic mass is 79.9. The standard InChI is InChI=1S/C8H11BrO2/c1-3-5-8(10)11-6-7(9)4-2/h1,7H,4-6H2,2H3. The van der Waals surface area contributed by atoms with E-state index < -0.39 is 0 Å². The third-order valence-corrected chi connectivity index (χ3v) is 2.03. The van der Waals surface area contributed by atoms with Crippen LogP contribution < -0.4 is 0 Å². The van der Waals surface area contributed by atoms with Crippen molar-refractivity contribution in [3.05, 3.63) is 0 Å². The minimum Gasteiger partial charge on any atom is -0.464 e. The first-order valence-electron chi connectivity index (χ1n) is 3.43. The Labute approximate surface area is 75.4 Å². The van der Waals surface area contributed by atoms with Gasteiger partial charge in [0.05, 0.1) is 0 Å². The second-order valence-corrected chi connectivity index (χ2v) is 3.36. The van der Waals surface area contributed by atoms with Gasteiger partial charge in [0, 0.05) is 4.83 Å². The molecule has 1 unspecified atom stereocenters. The zero-order chi connectivity index (χ0) is 8.69. The maximum absolute atomic E-state index is 10.7. The highest BCUT2D eigenvalue weighted by molar-refractivity contribution is 9.09. The fourth-order valence-corrected chi connectivity index (χ4v) is 0.568. The molecule has 0 fully saturated rings. The molecular formula is C8H11BrO2. The van der Waals surface area contributed by atoms with Crippen LogP contribution in [-0.2, 0) is 9.53 Å². The first-order valence-corrected chi connectivity index (χ1v) is 4.35. The van der Waals surface area contributed by atoms with Crippen LogP contribution in [0.1, 0.15) is 19.8 Å². The van der Waals surface area contributed by atoms with Gasteiger partial charge in [-0.3, -0.25) is 4.79 Å². The summed E-state index contributed by atoms with van der Waals surface area (Å²) in [6.45, 7) is 2.41. The van der Waals surface area contributed by atoms with Crippen molar-refractivity contribution in [3.63, 3.8) is 0 Å². The van der Waals surface area contributed by atoms with Crippen LogP contribution in [0.3, 0.4) is 0 Å². The van der Waals surface area contributed by atoms with Crippen LogP contribution in [0.5, 0.6) is 0 Å². The molecule has 0 saturated carbocycles. The number of ether oxygens (including phenoxy) is 1. The molecule has 0 radical (unpaired) electrons. The summed E-state index contributed by atoms with van der Waals surface area (Å²) in [5.74, 6) is 1.89. The van der Waals surface area contributed by atoms with Gasteiger partial charge < -0.3 is 4.74 Å². The molecule has 0 aliphatic carbocycles. The molecule has 0 aliphatic rings. The fourth-order valence-electron chi connectivity index (χ4n) is 0.436. The number of halogens is 1. The van der Waals surface area contributed by atoms with Crippen molar-refractivity contribution in [1.29, 1.82) is 0 Å². The zero-order valence-electron chi connectivity index (χ0n) is 6.47. The molecule has 0 heterocycles. The number of alkyl halides is 1. The number of hydrogen-bond acceptors (Lipinski definition) is 2. The summed E-state index contributed by atoms with van der Waals surface area (Å²) in [5.41, 5.74) is 0. The summed E-state index contributed by atoms with van der Waals surface area (Å²) in [4.78, 5) is 10.9. The molecule has 62 valence electrons. The molecule has 11 heavy (non-hydrogen) atoms. The number of terminal acetylenes is 1. The van der Waals surface area contributed by atoms with E-state index in [2.05, 4.69) is 21.9 Å². The minimum absolute atomic E-state index is 0.0590.